The molecule has 0 unspecified atom stereocenters. The molecule has 1 rings (SSSR count). The van der Waals surface area contributed by atoms with Crippen LogP contribution < -0.4 is 10.1 Å². The maximum absolute atomic E-state index is 6.14. The topological polar surface area (TPSA) is 21.3 Å². The molecule has 3 heteroatoms. The monoisotopic (exact) mass is 283 g/mol. The Morgan fingerprint density at radius 2 is 2.00 bits per heavy atom. The molecule has 0 fully saturated rings. The van der Waals surface area contributed by atoms with Gasteiger partial charge in [-0.05, 0) is 36.0 Å². The van der Waals surface area contributed by atoms with Crippen LogP contribution in [0.5, 0.6) is 5.75 Å². The summed E-state index contributed by atoms with van der Waals surface area (Å²) in [5.74, 6) is 0.742. The van der Waals surface area contributed by atoms with Crippen molar-refractivity contribution in [1.82, 2.24) is 5.32 Å². The fourth-order valence-corrected chi connectivity index (χ4v) is 2.20. The van der Waals surface area contributed by atoms with Crippen LogP contribution in [-0.4, -0.2) is 19.7 Å². The largest absolute Gasteiger partial charge is 0.495 e. The Kier molecular flexibility index (Phi) is 6.15. The molecule has 0 amide bonds. The van der Waals surface area contributed by atoms with Crippen molar-refractivity contribution >= 4 is 11.6 Å². The molecular formula is C16H26ClNO. The van der Waals surface area contributed by atoms with Gasteiger partial charge in [0.15, 0.2) is 0 Å². The minimum absolute atomic E-state index is 0.288. The second-order valence-corrected chi connectivity index (χ2v) is 6.58. The van der Waals surface area contributed by atoms with E-state index in [2.05, 4.69) is 39.1 Å². The SMILES string of the molecule is COc1ccc(CCC(C)(C)CNC(C)C)cc1Cl. The van der Waals surface area contributed by atoms with Gasteiger partial charge in [-0.3, -0.25) is 0 Å². The predicted molar refractivity (Wildman–Crippen MR) is 83.2 cm³/mol. The van der Waals surface area contributed by atoms with Gasteiger partial charge in [0.25, 0.3) is 0 Å². The van der Waals surface area contributed by atoms with Crippen LogP contribution >= 0.6 is 11.6 Å². The molecule has 108 valence electrons. The second kappa shape index (κ2) is 7.16. The number of methoxy groups -OCH3 is 1. The molecule has 0 saturated heterocycles. The fraction of sp³-hybridized carbons (Fsp3) is 0.625. The Morgan fingerprint density at radius 3 is 2.53 bits per heavy atom. The Labute approximate surface area is 122 Å². The third kappa shape index (κ3) is 5.84. The maximum atomic E-state index is 6.14. The molecule has 1 N–H and O–H groups in total. The van der Waals surface area contributed by atoms with E-state index in [4.69, 9.17) is 16.3 Å². The molecule has 1 aromatic rings. The minimum Gasteiger partial charge on any atom is -0.495 e. The average Bonchev–Trinajstić information content (AvgIpc) is 2.34. The number of nitrogens with one attached hydrogen (secondary N) is 1. The Hall–Kier alpha value is -0.730. The number of ether oxygens (including phenoxy) is 1. The van der Waals surface area contributed by atoms with E-state index in [1.807, 2.05) is 12.1 Å². The van der Waals surface area contributed by atoms with E-state index >= 15 is 0 Å². The van der Waals surface area contributed by atoms with Crippen LogP contribution in [0.25, 0.3) is 0 Å². The molecule has 0 spiro atoms. The average molecular weight is 284 g/mol. The Morgan fingerprint density at radius 1 is 1.32 bits per heavy atom. The van der Waals surface area contributed by atoms with Crippen LogP contribution in [0.1, 0.15) is 39.7 Å². The molecule has 0 saturated carbocycles. The van der Waals surface area contributed by atoms with E-state index in [1.54, 1.807) is 7.11 Å². The maximum Gasteiger partial charge on any atom is 0.137 e. The van der Waals surface area contributed by atoms with Crippen molar-refractivity contribution in [3.63, 3.8) is 0 Å². The summed E-state index contributed by atoms with van der Waals surface area (Å²) < 4.78 is 5.17. The molecule has 1 aromatic carbocycles. The fourth-order valence-electron chi connectivity index (χ4n) is 1.92. The number of halogens is 1. The molecule has 0 aliphatic heterocycles. The summed E-state index contributed by atoms with van der Waals surface area (Å²) >= 11 is 6.14. The van der Waals surface area contributed by atoms with Gasteiger partial charge in [-0.25, -0.2) is 0 Å². The third-order valence-electron chi connectivity index (χ3n) is 3.30. The van der Waals surface area contributed by atoms with Crippen LogP contribution in [0.3, 0.4) is 0 Å². The van der Waals surface area contributed by atoms with Gasteiger partial charge in [-0.2, -0.15) is 0 Å². The quantitative estimate of drug-likeness (QED) is 0.805. The molecule has 19 heavy (non-hydrogen) atoms. The first-order valence-corrected chi connectivity index (χ1v) is 7.27. The number of hydrogen-bond acceptors (Lipinski definition) is 2. The molecule has 0 aromatic heterocycles. The number of hydrogen-bond donors (Lipinski definition) is 1. The predicted octanol–water partition coefficient (Wildman–Crippen LogP) is 4.31. The Balaban J connectivity index is 2.53. The highest BCUT2D eigenvalue weighted by atomic mass is 35.5. The van der Waals surface area contributed by atoms with Crippen molar-refractivity contribution in [3.05, 3.63) is 28.8 Å². The van der Waals surface area contributed by atoms with E-state index in [1.165, 1.54) is 5.56 Å². The van der Waals surface area contributed by atoms with Gasteiger partial charge in [-0.15, -0.1) is 0 Å². The lowest BCUT2D eigenvalue weighted by Crippen LogP contribution is -2.34. The van der Waals surface area contributed by atoms with Crippen LogP contribution in [-0.2, 0) is 6.42 Å². The molecule has 2 nitrogen and oxygen atoms in total. The van der Waals surface area contributed by atoms with Gasteiger partial charge in [-0.1, -0.05) is 45.4 Å². The first-order valence-electron chi connectivity index (χ1n) is 6.90. The van der Waals surface area contributed by atoms with Crippen molar-refractivity contribution in [3.8, 4) is 5.75 Å². The molecule has 0 aliphatic rings. The van der Waals surface area contributed by atoms with Gasteiger partial charge in [0.2, 0.25) is 0 Å². The number of benzene rings is 1. The lowest BCUT2D eigenvalue weighted by Gasteiger charge is -2.26. The van der Waals surface area contributed by atoms with Gasteiger partial charge in [0.1, 0.15) is 5.75 Å². The summed E-state index contributed by atoms with van der Waals surface area (Å²) in [5, 5.41) is 4.20. The van der Waals surface area contributed by atoms with Crippen molar-refractivity contribution in [2.75, 3.05) is 13.7 Å². The molecular weight excluding hydrogens is 258 g/mol. The third-order valence-corrected chi connectivity index (χ3v) is 3.59. The van der Waals surface area contributed by atoms with Crippen molar-refractivity contribution in [2.45, 2.75) is 46.6 Å². The van der Waals surface area contributed by atoms with Crippen LogP contribution in [0.15, 0.2) is 18.2 Å². The Bertz CT molecular complexity index is 402. The minimum atomic E-state index is 0.288. The molecule has 0 heterocycles. The first kappa shape index (κ1) is 16.3. The highest BCUT2D eigenvalue weighted by Crippen LogP contribution is 2.28. The highest BCUT2D eigenvalue weighted by Gasteiger charge is 2.18. The first-order chi connectivity index (χ1) is 8.84. The van der Waals surface area contributed by atoms with E-state index in [0.29, 0.717) is 11.1 Å². The zero-order chi connectivity index (χ0) is 14.5. The van der Waals surface area contributed by atoms with Gasteiger partial charge in [0, 0.05) is 12.6 Å². The zero-order valence-corrected chi connectivity index (χ0v) is 13.5. The standard InChI is InChI=1S/C16H26ClNO/c1-12(2)18-11-16(3,4)9-8-13-6-7-15(19-5)14(17)10-13/h6-7,10,12,18H,8-9,11H2,1-5H3. The highest BCUT2D eigenvalue weighted by molar-refractivity contribution is 6.32. The zero-order valence-electron chi connectivity index (χ0n) is 12.7. The smallest absolute Gasteiger partial charge is 0.137 e. The van der Waals surface area contributed by atoms with Crippen LogP contribution in [0.4, 0.5) is 0 Å². The van der Waals surface area contributed by atoms with Crippen LogP contribution in [0, 0.1) is 5.41 Å². The lowest BCUT2D eigenvalue weighted by atomic mass is 9.86. The van der Waals surface area contributed by atoms with E-state index in [9.17, 15) is 0 Å². The van der Waals surface area contributed by atoms with Crippen LogP contribution in [0.2, 0.25) is 5.02 Å². The van der Waals surface area contributed by atoms with Crippen molar-refractivity contribution < 1.29 is 4.74 Å². The molecule has 0 aliphatic carbocycles. The molecule has 0 radical (unpaired) electrons. The van der Waals surface area contributed by atoms with E-state index in [-0.39, 0.29) is 5.41 Å². The van der Waals surface area contributed by atoms with Gasteiger partial charge < -0.3 is 10.1 Å². The normalized spacial score (nSPS) is 11.9. The molecule has 0 bridgehead atoms. The van der Waals surface area contributed by atoms with Crippen molar-refractivity contribution in [1.29, 1.82) is 0 Å². The summed E-state index contributed by atoms with van der Waals surface area (Å²) in [7, 11) is 1.64. The van der Waals surface area contributed by atoms with Gasteiger partial charge in [0.05, 0.1) is 12.1 Å². The number of rotatable bonds is 7. The molecule has 0 atom stereocenters. The second-order valence-electron chi connectivity index (χ2n) is 6.17. The van der Waals surface area contributed by atoms with Crippen molar-refractivity contribution in [2.24, 2.45) is 5.41 Å². The summed E-state index contributed by atoms with van der Waals surface area (Å²) in [6.45, 7) is 9.99. The summed E-state index contributed by atoms with van der Waals surface area (Å²) in [5.41, 5.74) is 1.56. The summed E-state index contributed by atoms with van der Waals surface area (Å²) in [6, 6.07) is 6.58. The van der Waals surface area contributed by atoms with E-state index < -0.39 is 0 Å². The summed E-state index contributed by atoms with van der Waals surface area (Å²) in [6.07, 6.45) is 2.17. The van der Waals surface area contributed by atoms with Gasteiger partial charge >= 0.3 is 0 Å². The van der Waals surface area contributed by atoms with E-state index in [0.717, 1.165) is 25.1 Å². The summed E-state index contributed by atoms with van der Waals surface area (Å²) in [4.78, 5) is 0. The lowest BCUT2D eigenvalue weighted by molar-refractivity contribution is 0.304. The number of aryl methyl sites for hydroxylation is 1.